The van der Waals surface area contributed by atoms with Gasteiger partial charge in [-0.05, 0) is 78.9 Å². The van der Waals surface area contributed by atoms with Gasteiger partial charge in [-0.25, -0.2) is 0 Å². The third-order valence-electron chi connectivity index (χ3n) is 12.6. The van der Waals surface area contributed by atoms with E-state index in [0.717, 1.165) is 88.4 Å². The van der Waals surface area contributed by atoms with E-state index in [9.17, 15) is 5.26 Å². The molecule has 4 heterocycles. The average molecular weight is 764 g/mol. The highest BCUT2D eigenvalue weighted by Crippen LogP contribution is 2.46. The molecule has 0 aliphatic heterocycles. The first-order chi connectivity index (χ1) is 29.8. The van der Waals surface area contributed by atoms with E-state index in [1.165, 1.54) is 21.5 Å². The number of hydrogen-bond acceptors (Lipinski definition) is 1. The topological polar surface area (TPSA) is 43.5 Å². The second kappa shape index (κ2) is 12.3. The van der Waals surface area contributed by atoms with Crippen LogP contribution in [0.4, 0.5) is 0 Å². The van der Waals surface area contributed by atoms with E-state index in [1.54, 1.807) is 0 Å². The van der Waals surface area contributed by atoms with Gasteiger partial charge in [-0.2, -0.15) is 5.26 Å². The fourth-order valence-corrected chi connectivity index (χ4v) is 10.2. The molecule has 0 saturated carbocycles. The summed E-state index contributed by atoms with van der Waals surface area (Å²) in [4.78, 5) is 0. The van der Waals surface area contributed by atoms with E-state index >= 15 is 0 Å². The van der Waals surface area contributed by atoms with Gasteiger partial charge in [-0.3, -0.25) is 0 Å². The number of nitrogens with zero attached hydrogens (tertiary/aromatic N) is 5. The lowest BCUT2D eigenvalue weighted by Gasteiger charge is -2.13. The van der Waals surface area contributed by atoms with Gasteiger partial charge in [0.25, 0.3) is 0 Å². The molecule has 0 unspecified atom stereocenters. The van der Waals surface area contributed by atoms with Crippen molar-refractivity contribution in [2.24, 2.45) is 0 Å². The van der Waals surface area contributed by atoms with Crippen molar-refractivity contribution in [2.75, 3.05) is 0 Å². The summed E-state index contributed by atoms with van der Waals surface area (Å²) in [6, 6.07) is 74.0. The van der Waals surface area contributed by atoms with Crippen molar-refractivity contribution in [3.63, 3.8) is 0 Å². The van der Waals surface area contributed by atoms with Crippen LogP contribution in [-0.4, -0.2) is 18.3 Å². The average Bonchev–Trinajstić information content (AvgIpc) is 4.04. The molecule has 0 bridgehead atoms. The molecule has 9 aromatic carbocycles. The largest absolute Gasteiger partial charge is 0.309 e. The van der Waals surface area contributed by atoms with E-state index in [2.05, 4.69) is 225 Å². The lowest BCUT2D eigenvalue weighted by Crippen LogP contribution is -1.99. The van der Waals surface area contributed by atoms with Gasteiger partial charge in [0.05, 0.1) is 55.4 Å². The standard InChI is InChI=1S/C55H33N5/c56-34-35-32-51-44(53-48(57(51)36-16-4-1-5-17-36)30-28-42-40-23-11-14-26-46(40)59(55(42)53)38-20-8-3-9-21-38)33-50(35)60-47-27-15-12-24-43(47)52-49(60)31-29-41-39-22-10-13-25-45(39)58(54(41)52)37-18-6-2-7-19-37/h1-33H. The number of rotatable bonds is 4. The van der Waals surface area contributed by atoms with E-state index in [-0.39, 0.29) is 0 Å². The monoisotopic (exact) mass is 763 g/mol. The van der Waals surface area contributed by atoms with Crippen LogP contribution < -0.4 is 0 Å². The molecule has 0 aliphatic carbocycles. The molecule has 13 aromatic rings. The van der Waals surface area contributed by atoms with E-state index < -0.39 is 0 Å². The summed E-state index contributed by atoms with van der Waals surface area (Å²) in [6.07, 6.45) is 0. The highest BCUT2D eigenvalue weighted by Gasteiger charge is 2.25. The number of hydrogen-bond donors (Lipinski definition) is 0. The lowest BCUT2D eigenvalue weighted by molar-refractivity contribution is 1.15. The summed E-state index contributed by atoms with van der Waals surface area (Å²) >= 11 is 0. The van der Waals surface area contributed by atoms with Gasteiger partial charge in [0, 0.05) is 60.2 Å². The molecule has 278 valence electrons. The quantitative estimate of drug-likeness (QED) is 0.176. The molecule has 4 aromatic heterocycles. The zero-order valence-electron chi connectivity index (χ0n) is 32.3. The predicted octanol–water partition coefficient (Wildman–Crippen LogP) is 13.9. The van der Waals surface area contributed by atoms with Crippen molar-refractivity contribution in [1.29, 1.82) is 5.26 Å². The molecule has 0 fully saturated rings. The smallest absolute Gasteiger partial charge is 0.101 e. The summed E-state index contributed by atoms with van der Waals surface area (Å²) in [6.45, 7) is 0. The van der Waals surface area contributed by atoms with Crippen LogP contribution in [-0.2, 0) is 0 Å². The van der Waals surface area contributed by atoms with Gasteiger partial charge in [0.2, 0.25) is 0 Å². The van der Waals surface area contributed by atoms with Crippen molar-refractivity contribution < 1.29 is 0 Å². The molecule has 0 radical (unpaired) electrons. The zero-order valence-corrected chi connectivity index (χ0v) is 32.3. The molecule has 0 saturated heterocycles. The van der Waals surface area contributed by atoms with Gasteiger partial charge in [0.15, 0.2) is 0 Å². The second-order valence-corrected chi connectivity index (χ2v) is 15.6. The van der Waals surface area contributed by atoms with Crippen molar-refractivity contribution >= 4 is 87.2 Å². The van der Waals surface area contributed by atoms with Gasteiger partial charge in [-0.1, -0.05) is 121 Å². The summed E-state index contributed by atoms with van der Waals surface area (Å²) in [5, 5.41) is 20.5. The Morgan fingerprint density at radius 3 is 1.23 bits per heavy atom. The van der Waals surface area contributed by atoms with Crippen molar-refractivity contribution in [1.82, 2.24) is 18.3 Å². The Morgan fingerprint density at radius 2 is 0.717 bits per heavy atom. The Balaban J connectivity index is 1.22. The maximum Gasteiger partial charge on any atom is 0.101 e. The Morgan fingerprint density at radius 1 is 0.300 bits per heavy atom. The third-order valence-corrected chi connectivity index (χ3v) is 12.6. The summed E-state index contributed by atoms with van der Waals surface area (Å²) in [7, 11) is 0. The fraction of sp³-hybridized carbons (Fsp3) is 0. The minimum atomic E-state index is 0.605. The van der Waals surface area contributed by atoms with Crippen LogP contribution in [0.15, 0.2) is 200 Å². The molecule has 0 atom stereocenters. The van der Waals surface area contributed by atoms with Gasteiger partial charge < -0.3 is 18.3 Å². The normalized spacial score (nSPS) is 12.0. The summed E-state index contributed by atoms with van der Waals surface area (Å²) < 4.78 is 9.48. The van der Waals surface area contributed by atoms with Crippen molar-refractivity contribution in [3.8, 4) is 28.8 Å². The molecule has 5 nitrogen and oxygen atoms in total. The van der Waals surface area contributed by atoms with E-state index in [4.69, 9.17) is 0 Å². The molecule has 13 rings (SSSR count). The van der Waals surface area contributed by atoms with Gasteiger partial charge in [-0.15, -0.1) is 0 Å². The minimum Gasteiger partial charge on any atom is -0.309 e. The van der Waals surface area contributed by atoms with Crippen LogP contribution >= 0.6 is 0 Å². The molecule has 0 spiro atoms. The fourth-order valence-electron chi connectivity index (χ4n) is 10.2. The summed E-state index contributed by atoms with van der Waals surface area (Å²) in [5.41, 5.74) is 13.5. The zero-order chi connectivity index (χ0) is 39.5. The third kappa shape index (κ3) is 4.34. The highest BCUT2D eigenvalue weighted by atomic mass is 15.0. The Kier molecular flexibility index (Phi) is 6.73. The minimum absolute atomic E-state index is 0.605. The number of fused-ring (bicyclic) bond motifs is 14. The molecular weight excluding hydrogens is 731 g/mol. The Hall–Kier alpha value is -8.33. The maximum atomic E-state index is 11.2. The first-order valence-electron chi connectivity index (χ1n) is 20.3. The molecule has 5 heteroatoms. The molecule has 0 N–H and O–H groups in total. The van der Waals surface area contributed by atoms with E-state index in [0.29, 0.717) is 5.56 Å². The number of aromatic nitrogens is 4. The molecule has 60 heavy (non-hydrogen) atoms. The van der Waals surface area contributed by atoms with Crippen LogP contribution in [0.2, 0.25) is 0 Å². The lowest BCUT2D eigenvalue weighted by atomic mass is 10.0. The molecule has 0 aliphatic rings. The van der Waals surface area contributed by atoms with Crippen molar-refractivity contribution in [3.05, 3.63) is 206 Å². The van der Waals surface area contributed by atoms with Crippen LogP contribution in [0.3, 0.4) is 0 Å². The van der Waals surface area contributed by atoms with Gasteiger partial charge in [0.1, 0.15) is 6.07 Å². The second-order valence-electron chi connectivity index (χ2n) is 15.6. The Labute approximate surface area is 344 Å². The van der Waals surface area contributed by atoms with Gasteiger partial charge >= 0.3 is 0 Å². The van der Waals surface area contributed by atoms with Crippen LogP contribution in [0.25, 0.3) is 110 Å². The maximum absolute atomic E-state index is 11.2. The number of para-hydroxylation sites is 6. The van der Waals surface area contributed by atoms with Crippen LogP contribution in [0.1, 0.15) is 5.56 Å². The first-order valence-corrected chi connectivity index (χ1v) is 20.3. The molecule has 0 amide bonds. The number of nitriles is 1. The van der Waals surface area contributed by atoms with Crippen LogP contribution in [0.5, 0.6) is 0 Å². The SMILES string of the molecule is N#Cc1cc2c(cc1-n1c3ccccc3c3c1ccc1c4ccccc4n(-c4ccccc4)c13)c1c(ccc3c4ccccc4n(-c4ccccc4)c31)n2-c1ccccc1. The first kappa shape index (κ1) is 32.7. The number of benzene rings is 9. The highest BCUT2D eigenvalue weighted by molar-refractivity contribution is 6.28. The van der Waals surface area contributed by atoms with E-state index in [1.807, 2.05) is 0 Å². The summed E-state index contributed by atoms with van der Waals surface area (Å²) in [5.74, 6) is 0. The van der Waals surface area contributed by atoms with Crippen molar-refractivity contribution in [2.45, 2.75) is 0 Å². The Bertz CT molecular complexity index is 3930. The van der Waals surface area contributed by atoms with Crippen LogP contribution in [0, 0.1) is 11.3 Å². The molecular formula is C55H33N5. The predicted molar refractivity (Wildman–Crippen MR) is 249 cm³/mol.